The molecule has 16 heavy (non-hydrogen) atoms. The molecule has 0 spiro atoms. The van der Waals surface area contributed by atoms with E-state index in [9.17, 15) is 0 Å². The van der Waals surface area contributed by atoms with Crippen molar-refractivity contribution in [3.05, 3.63) is 31.5 Å². The lowest BCUT2D eigenvalue weighted by Crippen LogP contribution is -2.07. The summed E-state index contributed by atoms with van der Waals surface area (Å²) >= 11 is 8.37. The predicted molar refractivity (Wildman–Crippen MR) is 70.4 cm³/mol. The van der Waals surface area contributed by atoms with Crippen LogP contribution in [0.15, 0.2) is 25.9 Å². The summed E-state index contributed by atoms with van der Waals surface area (Å²) in [5, 5.41) is 13.0. The van der Waals surface area contributed by atoms with Crippen molar-refractivity contribution >= 4 is 43.2 Å². The van der Waals surface area contributed by atoms with Crippen molar-refractivity contribution in [1.29, 1.82) is 5.26 Å². The first-order chi connectivity index (χ1) is 7.70. The maximum Gasteiger partial charge on any atom is 0.142 e. The van der Waals surface area contributed by atoms with Crippen LogP contribution in [0.4, 0.5) is 0 Å². The summed E-state index contributed by atoms with van der Waals surface area (Å²) in [6.45, 7) is 0. The van der Waals surface area contributed by atoms with Crippen LogP contribution in [-0.4, -0.2) is 11.8 Å². The summed E-state index contributed by atoms with van der Waals surface area (Å²) in [6.07, 6.45) is 0. The minimum absolute atomic E-state index is 0.531. The van der Waals surface area contributed by atoms with Gasteiger partial charge in [0.1, 0.15) is 29.0 Å². The van der Waals surface area contributed by atoms with Crippen LogP contribution in [0, 0.1) is 11.3 Å². The zero-order valence-corrected chi connectivity index (χ0v) is 12.2. The van der Waals surface area contributed by atoms with Crippen LogP contribution < -0.4 is 4.84 Å². The molecular formula is C10H6Br2N2OS. The third-order valence-electron chi connectivity index (χ3n) is 2.10. The topological polar surface area (TPSA) is 38.0 Å². The van der Waals surface area contributed by atoms with Gasteiger partial charge in [-0.1, -0.05) is 0 Å². The Morgan fingerprint density at radius 2 is 2.25 bits per heavy atom. The number of rotatable bonds is 2. The van der Waals surface area contributed by atoms with E-state index in [2.05, 4.69) is 37.9 Å². The van der Waals surface area contributed by atoms with Gasteiger partial charge in [-0.25, -0.2) is 0 Å². The second-order valence-corrected chi connectivity index (χ2v) is 5.25. The summed E-state index contributed by atoms with van der Waals surface area (Å²) in [4.78, 5) is 5.26. The minimum atomic E-state index is 0.531. The van der Waals surface area contributed by atoms with E-state index in [0.29, 0.717) is 10.2 Å². The molecule has 0 saturated heterocycles. The molecule has 2 heterocycles. The molecule has 82 valence electrons. The summed E-state index contributed by atoms with van der Waals surface area (Å²) < 4.78 is 2.94. The summed E-state index contributed by atoms with van der Waals surface area (Å²) in [6, 6.07) is 4.11. The van der Waals surface area contributed by atoms with E-state index < -0.39 is 0 Å². The molecule has 0 N–H and O–H groups in total. The molecule has 0 bridgehead atoms. The molecule has 0 aliphatic carbocycles. The monoisotopic (exact) mass is 360 g/mol. The number of thiophene rings is 1. The molecule has 3 nitrogen and oxygen atoms in total. The number of halogens is 2. The van der Waals surface area contributed by atoms with Crippen molar-refractivity contribution in [3.63, 3.8) is 0 Å². The van der Waals surface area contributed by atoms with Crippen LogP contribution >= 0.6 is 43.2 Å². The molecule has 0 aromatic carbocycles. The molecule has 2 aromatic rings. The minimum Gasteiger partial charge on any atom is -0.416 e. The molecule has 2 rings (SSSR count). The van der Waals surface area contributed by atoms with Crippen LogP contribution in [0.3, 0.4) is 0 Å². The third kappa shape index (κ3) is 1.69. The van der Waals surface area contributed by atoms with Crippen LogP contribution in [-0.2, 0) is 0 Å². The Balaban J connectivity index is 2.75. The van der Waals surface area contributed by atoms with Crippen LogP contribution in [0.2, 0.25) is 0 Å². The highest BCUT2D eigenvalue weighted by Crippen LogP contribution is 2.38. The molecule has 0 radical (unpaired) electrons. The van der Waals surface area contributed by atoms with Crippen molar-refractivity contribution in [1.82, 2.24) is 4.73 Å². The second-order valence-electron chi connectivity index (χ2n) is 2.93. The molecule has 2 aromatic heterocycles. The maximum absolute atomic E-state index is 9.05. The fourth-order valence-electron chi connectivity index (χ4n) is 1.41. The van der Waals surface area contributed by atoms with E-state index in [1.165, 1.54) is 0 Å². The molecular weight excluding hydrogens is 356 g/mol. The fraction of sp³-hybridized carbons (Fsp3) is 0.100. The normalized spacial score (nSPS) is 10.1. The van der Waals surface area contributed by atoms with Crippen LogP contribution in [0.25, 0.3) is 11.3 Å². The van der Waals surface area contributed by atoms with Crippen LogP contribution in [0.5, 0.6) is 0 Å². The Bertz CT molecular complexity index is 554. The van der Waals surface area contributed by atoms with E-state index in [4.69, 9.17) is 10.1 Å². The first-order valence-corrected chi connectivity index (χ1v) is 6.80. The Morgan fingerprint density at radius 3 is 2.75 bits per heavy atom. The average Bonchev–Trinajstić information content (AvgIpc) is 2.85. The number of hydrogen-bond donors (Lipinski definition) is 0. The van der Waals surface area contributed by atoms with E-state index in [1.807, 2.05) is 16.8 Å². The summed E-state index contributed by atoms with van der Waals surface area (Å²) in [7, 11) is 1.56. The molecule has 0 unspecified atom stereocenters. The Kier molecular flexibility index (Phi) is 3.38. The number of nitrogens with zero attached hydrogens (tertiary/aromatic N) is 2. The van der Waals surface area contributed by atoms with Gasteiger partial charge >= 0.3 is 0 Å². The summed E-state index contributed by atoms with van der Waals surface area (Å²) in [5.74, 6) is 0. The number of aromatic nitrogens is 1. The van der Waals surface area contributed by atoms with Gasteiger partial charge in [-0.3, -0.25) is 0 Å². The van der Waals surface area contributed by atoms with Crippen molar-refractivity contribution in [3.8, 4) is 17.3 Å². The molecule has 0 aliphatic rings. The van der Waals surface area contributed by atoms with Crippen molar-refractivity contribution in [2.75, 3.05) is 7.11 Å². The van der Waals surface area contributed by atoms with Gasteiger partial charge in [-0.05, 0) is 43.3 Å². The largest absolute Gasteiger partial charge is 0.416 e. The lowest BCUT2D eigenvalue weighted by molar-refractivity contribution is 0.166. The Hall–Kier alpha value is -0.770. The maximum atomic E-state index is 9.05. The van der Waals surface area contributed by atoms with Gasteiger partial charge in [-0.2, -0.15) is 21.3 Å². The first kappa shape index (κ1) is 11.7. The molecule has 0 amide bonds. The standard InChI is InChI=1S/C10H6Br2N2OS/c1-15-14-9(6-2-3-16-5-6)8(11)7(4-13)10(14)12/h2-3,5H,1H3. The molecule has 0 fully saturated rings. The van der Waals surface area contributed by atoms with Gasteiger partial charge in [-0.15, -0.1) is 0 Å². The first-order valence-electron chi connectivity index (χ1n) is 4.27. The van der Waals surface area contributed by atoms with Gasteiger partial charge in [0.15, 0.2) is 0 Å². The van der Waals surface area contributed by atoms with Gasteiger partial charge < -0.3 is 4.84 Å². The van der Waals surface area contributed by atoms with Crippen molar-refractivity contribution in [2.45, 2.75) is 0 Å². The van der Waals surface area contributed by atoms with E-state index in [1.54, 1.807) is 23.2 Å². The van der Waals surface area contributed by atoms with E-state index >= 15 is 0 Å². The molecule has 6 heteroatoms. The quantitative estimate of drug-likeness (QED) is 0.818. The fourth-order valence-corrected chi connectivity index (χ4v) is 3.59. The van der Waals surface area contributed by atoms with E-state index in [0.717, 1.165) is 15.7 Å². The number of hydrogen-bond acceptors (Lipinski definition) is 3. The van der Waals surface area contributed by atoms with Gasteiger partial charge in [0.2, 0.25) is 0 Å². The smallest absolute Gasteiger partial charge is 0.142 e. The van der Waals surface area contributed by atoms with Gasteiger partial charge in [0, 0.05) is 10.9 Å². The Labute approximate surface area is 113 Å². The van der Waals surface area contributed by atoms with Gasteiger partial charge in [0.25, 0.3) is 0 Å². The van der Waals surface area contributed by atoms with Crippen molar-refractivity contribution in [2.24, 2.45) is 0 Å². The van der Waals surface area contributed by atoms with E-state index in [-0.39, 0.29) is 0 Å². The highest BCUT2D eigenvalue weighted by Gasteiger charge is 2.21. The summed E-state index contributed by atoms with van der Waals surface area (Å²) in [5.41, 5.74) is 2.39. The zero-order valence-electron chi connectivity index (χ0n) is 8.20. The molecule has 0 saturated carbocycles. The Morgan fingerprint density at radius 1 is 1.50 bits per heavy atom. The second kappa shape index (κ2) is 4.62. The lowest BCUT2D eigenvalue weighted by atomic mass is 10.2. The lowest BCUT2D eigenvalue weighted by Gasteiger charge is -2.06. The highest BCUT2D eigenvalue weighted by molar-refractivity contribution is 9.11. The van der Waals surface area contributed by atoms with Crippen molar-refractivity contribution < 1.29 is 4.84 Å². The SMILES string of the molecule is COn1c(Br)c(C#N)c(Br)c1-c1ccsc1. The third-order valence-corrected chi connectivity index (χ3v) is 4.28. The predicted octanol–water partition coefficient (Wildman–Crippen LogP) is 3.67. The van der Waals surface area contributed by atoms with Gasteiger partial charge in [0.05, 0.1) is 4.47 Å². The highest BCUT2D eigenvalue weighted by atomic mass is 79.9. The average molecular weight is 362 g/mol. The molecule has 0 aliphatic heterocycles. The molecule has 0 atom stereocenters. The zero-order chi connectivity index (χ0) is 11.7. The van der Waals surface area contributed by atoms with Crippen LogP contribution in [0.1, 0.15) is 5.56 Å². The number of nitriles is 1.